The van der Waals surface area contributed by atoms with Crippen LogP contribution in [0.5, 0.6) is 0 Å². The van der Waals surface area contributed by atoms with Gasteiger partial charge in [-0.3, -0.25) is 19.9 Å². The highest BCUT2D eigenvalue weighted by Crippen LogP contribution is 2.32. The molecule has 4 rings (SSSR count). The number of aromatic nitrogens is 3. The van der Waals surface area contributed by atoms with E-state index in [-0.39, 0.29) is 18.0 Å². The molecule has 9 nitrogen and oxygen atoms in total. The van der Waals surface area contributed by atoms with Gasteiger partial charge in [-0.15, -0.1) is 0 Å². The van der Waals surface area contributed by atoms with E-state index in [0.29, 0.717) is 36.8 Å². The number of carbonyl (C=O) groups excluding carboxylic acids is 1. The first-order valence-electron chi connectivity index (χ1n) is 8.42. The number of rotatable bonds is 5. The molecule has 0 unspecified atom stereocenters. The minimum absolute atomic E-state index is 0.0210. The van der Waals surface area contributed by atoms with Crippen LogP contribution in [0.2, 0.25) is 0 Å². The van der Waals surface area contributed by atoms with Gasteiger partial charge in [0.05, 0.1) is 10.6 Å². The molecule has 0 saturated heterocycles. The normalized spacial score (nSPS) is 12.8. The number of amides is 1. The first-order chi connectivity index (χ1) is 13.1. The summed E-state index contributed by atoms with van der Waals surface area (Å²) in [6, 6.07) is 8.17. The van der Waals surface area contributed by atoms with Gasteiger partial charge in [0, 0.05) is 49.5 Å². The molecule has 1 aromatic carbocycles. The number of carbonyl (C=O) groups is 1. The molecule has 0 saturated carbocycles. The van der Waals surface area contributed by atoms with Crippen LogP contribution < -0.4 is 4.90 Å². The Morgan fingerprint density at radius 2 is 2.07 bits per heavy atom. The fourth-order valence-electron chi connectivity index (χ4n) is 3.06. The van der Waals surface area contributed by atoms with Gasteiger partial charge in [0.25, 0.3) is 5.69 Å². The van der Waals surface area contributed by atoms with Crippen molar-refractivity contribution in [2.75, 3.05) is 11.4 Å². The third-order valence-corrected chi connectivity index (χ3v) is 4.44. The van der Waals surface area contributed by atoms with Crippen LogP contribution in [0.3, 0.4) is 0 Å². The van der Waals surface area contributed by atoms with Gasteiger partial charge in [0.15, 0.2) is 0 Å². The third kappa shape index (κ3) is 3.39. The fourth-order valence-corrected chi connectivity index (χ4v) is 3.06. The molecule has 0 spiro atoms. The van der Waals surface area contributed by atoms with Gasteiger partial charge in [0.1, 0.15) is 0 Å². The van der Waals surface area contributed by atoms with Crippen LogP contribution in [0.25, 0.3) is 11.4 Å². The summed E-state index contributed by atoms with van der Waals surface area (Å²) in [6.45, 7) is 0.515. The van der Waals surface area contributed by atoms with Gasteiger partial charge in [-0.05, 0) is 24.1 Å². The zero-order valence-corrected chi connectivity index (χ0v) is 14.2. The van der Waals surface area contributed by atoms with Crippen molar-refractivity contribution < 1.29 is 14.2 Å². The number of non-ortho nitro benzene ring substituents is 1. The predicted octanol–water partition coefficient (Wildman–Crippen LogP) is 2.56. The molecule has 0 fully saturated rings. The minimum Gasteiger partial charge on any atom is -0.339 e. The van der Waals surface area contributed by atoms with Gasteiger partial charge >= 0.3 is 0 Å². The molecule has 2 aromatic heterocycles. The molecule has 0 bridgehead atoms. The lowest BCUT2D eigenvalue weighted by molar-refractivity contribution is -0.384. The van der Waals surface area contributed by atoms with E-state index in [4.69, 9.17) is 4.52 Å². The molecule has 0 N–H and O–H groups in total. The standard InChI is InChI=1S/C18H15N5O4/c24-17(22-10-7-12-1-2-14(23(25)26)11-15(12)22)4-3-16-20-18(21-27-16)13-5-8-19-9-6-13/h1-2,5-6,8-9,11H,3-4,7,10H2. The second-order valence-corrected chi connectivity index (χ2v) is 6.11. The molecule has 1 aliphatic heterocycles. The van der Waals surface area contributed by atoms with Crippen LogP contribution >= 0.6 is 0 Å². The van der Waals surface area contributed by atoms with Crippen molar-refractivity contribution in [3.05, 3.63) is 64.3 Å². The molecule has 136 valence electrons. The second kappa shape index (κ2) is 6.94. The topological polar surface area (TPSA) is 115 Å². The van der Waals surface area contributed by atoms with Gasteiger partial charge in [0.2, 0.25) is 17.6 Å². The van der Waals surface area contributed by atoms with E-state index in [1.807, 2.05) is 0 Å². The Hall–Kier alpha value is -3.62. The zero-order chi connectivity index (χ0) is 18.8. The Morgan fingerprint density at radius 3 is 2.85 bits per heavy atom. The van der Waals surface area contributed by atoms with Crippen LogP contribution in [0, 0.1) is 10.1 Å². The van der Waals surface area contributed by atoms with Crippen molar-refractivity contribution >= 4 is 17.3 Å². The summed E-state index contributed by atoms with van der Waals surface area (Å²) in [4.78, 5) is 32.9. The van der Waals surface area contributed by atoms with Crippen LogP contribution in [-0.4, -0.2) is 32.5 Å². The summed E-state index contributed by atoms with van der Waals surface area (Å²) >= 11 is 0. The summed E-state index contributed by atoms with van der Waals surface area (Å²) in [6.07, 6.45) is 4.45. The average molecular weight is 365 g/mol. The quantitative estimate of drug-likeness (QED) is 0.504. The first kappa shape index (κ1) is 16.8. The SMILES string of the molecule is O=C(CCc1nc(-c2ccncc2)no1)N1CCc2ccc([N+](=O)[O-])cc21. The van der Waals surface area contributed by atoms with E-state index in [0.717, 1.165) is 11.1 Å². The molecule has 0 aliphatic carbocycles. The van der Waals surface area contributed by atoms with Crippen molar-refractivity contribution in [1.29, 1.82) is 0 Å². The monoisotopic (exact) mass is 365 g/mol. The molecular formula is C18H15N5O4. The number of aryl methyl sites for hydroxylation is 1. The number of nitro groups is 1. The number of nitrogens with zero attached hydrogens (tertiary/aromatic N) is 5. The van der Waals surface area contributed by atoms with E-state index in [2.05, 4.69) is 15.1 Å². The van der Waals surface area contributed by atoms with Crippen LogP contribution in [0.4, 0.5) is 11.4 Å². The number of anilines is 1. The maximum atomic E-state index is 12.6. The number of nitro benzene ring substituents is 1. The Labute approximate surface area is 153 Å². The van der Waals surface area contributed by atoms with Crippen molar-refractivity contribution in [1.82, 2.24) is 15.1 Å². The predicted molar refractivity (Wildman–Crippen MR) is 95.0 cm³/mol. The summed E-state index contributed by atoms with van der Waals surface area (Å²) in [5.74, 6) is 0.688. The third-order valence-electron chi connectivity index (χ3n) is 4.44. The number of benzene rings is 1. The lowest BCUT2D eigenvalue weighted by Crippen LogP contribution is -2.29. The van der Waals surface area contributed by atoms with E-state index in [1.54, 1.807) is 35.5 Å². The highest BCUT2D eigenvalue weighted by atomic mass is 16.6. The van der Waals surface area contributed by atoms with Crippen LogP contribution in [0.1, 0.15) is 17.9 Å². The largest absolute Gasteiger partial charge is 0.339 e. The van der Waals surface area contributed by atoms with E-state index in [9.17, 15) is 14.9 Å². The van der Waals surface area contributed by atoms with Crippen molar-refractivity contribution in [2.45, 2.75) is 19.3 Å². The first-order valence-corrected chi connectivity index (χ1v) is 8.42. The van der Waals surface area contributed by atoms with Crippen molar-refractivity contribution in [3.8, 4) is 11.4 Å². The second-order valence-electron chi connectivity index (χ2n) is 6.11. The molecule has 1 amide bonds. The number of pyridine rings is 1. The molecule has 3 heterocycles. The average Bonchev–Trinajstić information content (AvgIpc) is 3.33. The summed E-state index contributed by atoms with van der Waals surface area (Å²) in [5, 5.41) is 14.9. The summed E-state index contributed by atoms with van der Waals surface area (Å²) in [7, 11) is 0. The number of hydrogen-bond acceptors (Lipinski definition) is 7. The van der Waals surface area contributed by atoms with E-state index < -0.39 is 4.92 Å². The van der Waals surface area contributed by atoms with Crippen molar-refractivity contribution in [3.63, 3.8) is 0 Å². The highest BCUT2D eigenvalue weighted by Gasteiger charge is 2.26. The fraction of sp³-hybridized carbons (Fsp3) is 0.222. The van der Waals surface area contributed by atoms with E-state index in [1.165, 1.54) is 12.1 Å². The molecule has 1 aliphatic rings. The molecule has 0 radical (unpaired) electrons. The smallest absolute Gasteiger partial charge is 0.271 e. The Balaban J connectivity index is 1.44. The maximum Gasteiger partial charge on any atom is 0.271 e. The van der Waals surface area contributed by atoms with Gasteiger partial charge in [-0.25, -0.2) is 0 Å². The zero-order valence-electron chi connectivity index (χ0n) is 14.2. The minimum atomic E-state index is -0.458. The van der Waals surface area contributed by atoms with Crippen LogP contribution in [-0.2, 0) is 17.6 Å². The molecular weight excluding hydrogens is 350 g/mol. The van der Waals surface area contributed by atoms with E-state index >= 15 is 0 Å². The summed E-state index contributed by atoms with van der Waals surface area (Å²) < 4.78 is 5.21. The van der Waals surface area contributed by atoms with Gasteiger partial charge < -0.3 is 9.42 Å². The Morgan fingerprint density at radius 1 is 1.26 bits per heavy atom. The van der Waals surface area contributed by atoms with Crippen LogP contribution in [0.15, 0.2) is 47.2 Å². The summed E-state index contributed by atoms with van der Waals surface area (Å²) in [5.41, 5.74) is 2.31. The Kier molecular flexibility index (Phi) is 4.33. The Bertz CT molecular complexity index is 1000. The lowest BCUT2D eigenvalue weighted by atomic mass is 10.1. The maximum absolute atomic E-state index is 12.6. The molecule has 9 heteroatoms. The molecule has 0 atom stereocenters. The molecule has 27 heavy (non-hydrogen) atoms. The molecule has 3 aromatic rings. The van der Waals surface area contributed by atoms with Crippen molar-refractivity contribution in [2.24, 2.45) is 0 Å². The number of fused-ring (bicyclic) bond motifs is 1. The highest BCUT2D eigenvalue weighted by molar-refractivity contribution is 5.95. The van der Waals surface area contributed by atoms with Gasteiger partial charge in [-0.1, -0.05) is 11.2 Å². The lowest BCUT2D eigenvalue weighted by Gasteiger charge is -2.16. The number of hydrogen-bond donors (Lipinski definition) is 0. The van der Waals surface area contributed by atoms with Gasteiger partial charge in [-0.2, -0.15) is 4.98 Å².